The Labute approximate surface area is 235 Å². The number of thiocarbonyl (C=S) groups is 1. The predicted octanol–water partition coefficient (Wildman–Crippen LogP) is 7.02. The van der Waals surface area contributed by atoms with Gasteiger partial charge in [0.15, 0.2) is 4.32 Å². The number of hydrogen-bond acceptors (Lipinski definition) is 5. The van der Waals surface area contributed by atoms with Crippen LogP contribution in [-0.2, 0) is 16.2 Å². The number of thioether (sulfide) groups is 1. The van der Waals surface area contributed by atoms with Crippen molar-refractivity contribution in [3.63, 3.8) is 0 Å². The van der Waals surface area contributed by atoms with Gasteiger partial charge < -0.3 is 4.74 Å². The first kappa shape index (κ1) is 25.2. The highest BCUT2D eigenvalue weighted by Crippen LogP contribution is 2.60. The van der Waals surface area contributed by atoms with Crippen LogP contribution < -0.4 is 10.2 Å². The van der Waals surface area contributed by atoms with Crippen molar-refractivity contribution in [1.29, 1.82) is 0 Å². The summed E-state index contributed by atoms with van der Waals surface area (Å²) in [6.45, 7) is 0.317. The summed E-state index contributed by atoms with van der Waals surface area (Å²) < 4.78 is 6.20. The topological polar surface area (TPSA) is 58.6 Å². The maximum Gasteiger partial charge on any atom is 0.285 e. The van der Waals surface area contributed by atoms with Crippen LogP contribution in [0.4, 0.5) is 0 Å². The summed E-state index contributed by atoms with van der Waals surface area (Å²) in [5.41, 5.74) is 4.24. The number of nitrogens with one attached hydrogen (secondary N) is 1. The van der Waals surface area contributed by atoms with Crippen LogP contribution in [0.1, 0.15) is 49.7 Å². The van der Waals surface area contributed by atoms with E-state index in [-0.39, 0.29) is 17.2 Å². The van der Waals surface area contributed by atoms with Crippen LogP contribution in [0.25, 0.3) is 6.08 Å². The number of hydrazine groups is 1. The Kier molecular flexibility index (Phi) is 6.76. The number of nitrogens with zero attached hydrogens (tertiary/aromatic N) is 1. The molecule has 1 heterocycles. The highest BCUT2D eigenvalue weighted by Gasteiger charge is 2.55. The van der Waals surface area contributed by atoms with E-state index >= 15 is 0 Å². The van der Waals surface area contributed by atoms with E-state index in [2.05, 4.69) is 5.43 Å². The van der Waals surface area contributed by atoms with Crippen LogP contribution in [0.5, 0.6) is 5.75 Å². The van der Waals surface area contributed by atoms with Gasteiger partial charge in [0.2, 0.25) is 5.91 Å². The Hall–Kier alpha value is -2.06. The lowest BCUT2D eigenvalue weighted by Gasteiger charge is -2.55. The second-order valence-electron chi connectivity index (χ2n) is 10.7. The van der Waals surface area contributed by atoms with Crippen molar-refractivity contribution in [3.8, 4) is 5.75 Å². The zero-order valence-corrected chi connectivity index (χ0v) is 23.2. The summed E-state index contributed by atoms with van der Waals surface area (Å²) in [4.78, 5) is 27.1. The Morgan fingerprint density at radius 3 is 2.35 bits per heavy atom. The second-order valence-corrected chi connectivity index (χ2v) is 13.3. The third kappa shape index (κ3) is 5.03. The molecule has 2 amide bonds. The molecule has 0 unspecified atom stereocenters. The van der Waals surface area contributed by atoms with Crippen molar-refractivity contribution in [3.05, 3.63) is 68.5 Å². The van der Waals surface area contributed by atoms with Gasteiger partial charge in [-0.25, -0.2) is 0 Å². The molecule has 4 saturated carbocycles. The average Bonchev–Trinajstić information content (AvgIpc) is 3.11. The van der Waals surface area contributed by atoms with E-state index in [1.165, 1.54) is 36.0 Å². The van der Waals surface area contributed by atoms with E-state index in [1.807, 2.05) is 30.3 Å². The number of carbonyl (C=O) groups excluding carboxylic acids is 2. The fraction of sp³-hybridized carbons (Fsp3) is 0.393. The maximum absolute atomic E-state index is 13.4. The van der Waals surface area contributed by atoms with Gasteiger partial charge in [-0.1, -0.05) is 53.2 Å². The minimum Gasteiger partial charge on any atom is -0.489 e. The molecule has 4 aliphatic carbocycles. The Bertz CT molecular complexity index is 1280. The van der Waals surface area contributed by atoms with Crippen molar-refractivity contribution >= 4 is 69.4 Å². The van der Waals surface area contributed by atoms with Gasteiger partial charge in [-0.3, -0.25) is 15.0 Å². The zero-order chi connectivity index (χ0) is 25.7. The molecule has 0 aromatic heterocycles. The van der Waals surface area contributed by atoms with Crippen molar-refractivity contribution in [2.24, 2.45) is 23.2 Å². The highest BCUT2D eigenvalue weighted by atomic mass is 35.5. The standard InChI is InChI=1S/C28H26Cl2N2O3S2/c29-21-4-3-20(23(30)11-21)15-35-22-5-1-16(2-6-22)10-24-25(33)32(27(36)37-24)31-26(34)28-12-17-7-18(13-28)9-19(8-17)14-28/h1-6,10-11,17-19H,7-9,12-15H2,(H,31,34)/b24-10+. The quantitative estimate of drug-likeness (QED) is 0.297. The van der Waals surface area contributed by atoms with E-state index in [4.69, 9.17) is 40.2 Å². The van der Waals surface area contributed by atoms with Gasteiger partial charge in [-0.05, 0) is 104 Å². The van der Waals surface area contributed by atoms with Crippen LogP contribution in [0, 0.1) is 23.2 Å². The van der Waals surface area contributed by atoms with Gasteiger partial charge in [0.05, 0.1) is 10.3 Å². The molecule has 1 saturated heterocycles. The largest absolute Gasteiger partial charge is 0.489 e. The average molecular weight is 574 g/mol. The normalized spacial score (nSPS) is 29.3. The van der Waals surface area contributed by atoms with Gasteiger partial charge in [0.1, 0.15) is 12.4 Å². The molecule has 37 heavy (non-hydrogen) atoms. The van der Waals surface area contributed by atoms with E-state index in [1.54, 1.807) is 18.2 Å². The summed E-state index contributed by atoms with van der Waals surface area (Å²) >= 11 is 18.8. The van der Waals surface area contributed by atoms with Gasteiger partial charge in [-0.2, -0.15) is 5.01 Å². The first-order chi connectivity index (χ1) is 17.8. The molecule has 2 aromatic carbocycles. The van der Waals surface area contributed by atoms with E-state index < -0.39 is 0 Å². The van der Waals surface area contributed by atoms with E-state index in [0.717, 1.165) is 30.4 Å². The fourth-order valence-corrected chi connectivity index (χ4v) is 8.43. The smallest absolute Gasteiger partial charge is 0.285 e. The lowest BCUT2D eigenvalue weighted by atomic mass is 9.49. The molecular weight excluding hydrogens is 547 g/mol. The highest BCUT2D eigenvalue weighted by molar-refractivity contribution is 8.26. The molecule has 4 bridgehead atoms. The SMILES string of the molecule is O=C1/C(=C\c2ccc(OCc3ccc(Cl)cc3Cl)cc2)SC(=S)N1NC(=O)C12CC3CC(CC(C3)C1)C2. The fourth-order valence-electron chi connectivity index (χ4n) is 6.78. The lowest BCUT2D eigenvalue weighted by Crippen LogP contribution is -2.57. The monoisotopic (exact) mass is 572 g/mol. The third-order valence-electron chi connectivity index (χ3n) is 8.11. The van der Waals surface area contributed by atoms with Crippen molar-refractivity contribution in [2.75, 3.05) is 0 Å². The number of amides is 2. The summed E-state index contributed by atoms with van der Waals surface area (Å²) in [6.07, 6.45) is 8.38. The number of benzene rings is 2. The van der Waals surface area contributed by atoms with Crippen molar-refractivity contribution in [1.82, 2.24) is 10.4 Å². The zero-order valence-electron chi connectivity index (χ0n) is 20.0. The van der Waals surface area contributed by atoms with Crippen LogP contribution in [0.2, 0.25) is 10.0 Å². The van der Waals surface area contributed by atoms with Gasteiger partial charge in [-0.15, -0.1) is 0 Å². The minimum absolute atomic E-state index is 0.0357. The van der Waals surface area contributed by atoms with Crippen LogP contribution in [0.3, 0.4) is 0 Å². The van der Waals surface area contributed by atoms with Crippen molar-refractivity contribution < 1.29 is 14.3 Å². The van der Waals surface area contributed by atoms with Crippen LogP contribution in [-0.4, -0.2) is 21.1 Å². The molecule has 9 heteroatoms. The van der Waals surface area contributed by atoms with Crippen molar-refractivity contribution in [2.45, 2.75) is 45.1 Å². The molecule has 5 nitrogen and oxygen atoms in total. The number of halogens is 2. The predicted molar refractivity (Wildman–Crippen MR) is 151 cm³/mol. The van der Waals surface area contributed by atoms with Crippen LogP contribution >= 0.6 is 47.2 Å². The number of ether oxygens (including phenoxy) is 1. The van der Waals surface area contributed by atoms with Gasteiger partial charge in [0.25, 0.3) is 5.91 Å². The molecule has 1 aliphatic heterocycles. The van der Waals surface area contributed by atoms with Crippen LogP contribution in [0.15, 0.2) is 47.4 Å². The Balaban J connectivity index is 1.09. The second kappa shape index (κ2) is 9.92. The summed E-state index contributed by atoms with van der Waals surface area (Å²) in [7, 11) is 0. The first-order valence-electron chi connectivity index (χ1n) is 12.5. The maximum atomic E-state index is 13.4. The molecule has 0 atom stereocenters. The molecule has 192 valence electrons. The molecule has 1 N–H and O–H groups in total. The number of carbonyl (C=O) groups is 2. The number of hydrogen-bond donors (Lipinski definition) is 1. The molecule has 0 spiro atoms. The summed E-state index contributed by atoms with van der Waals surface area (Å²) in [5.74, 6) is 2.31. The molecule has 5 aliphatic rings. The number of rotatable bonds is 6. The van der Waals surface area contributed by atoms with Gasteiger partial charge >= 0.3 is 0 Å². The first-order valence-corrected chi connectivity index (χ1v) is 14.5. The third-order valence-corrected chi connectivity index (χ3v) is 10.0. The minimum atomic E-state index is -0.339. The molecular formula is C28H26Cl2N2O3S2. The Morgan fingerprint density at radius 1 is 1.08 bits per heavy atom. The summed E-state index contributed by atoms with van der Waals surface area (Å²) in [5, 5.41) is 2.40. The summed E-state index contributed by atoms with van der Waals surface area (Å²) in [6, 6.07) is 12.7. The Morgan fingerprint density at radius 2 is 1.73 bits per heavy atom. The lowest BCUT2D eigenvalue weighted by molar-refractivity contribution is -0.152. The van der Waals surface area contributed by atoms with Gasteiger partial charge in [0, 0.05) is 15.6 Å². The molecule has 0 radical (unpaired) electrons. The molecule has 5 fully saturated rings. The van der Waals surface area contributed by atoms with E-state index in [9.17, 15) is 9.59 Å². The molecule has 7 rings (SSSR count). The van der Waals surface area contributed by atoms with E-state index in [0.29, 0.717) is 49.4 Å². The molecule has 2 aromatic rings.